The number of methoxy groups -OCH3 is 2. The van der Waals surface area contributed by atoms with Gasteiger partial charge < -0.3 is 19.8 Å². The smallest absolute Gasteiger partial charge is 0.278 e. The minimum Gasteiger partial charge on any atom is -0.497 e. The number of nitrogens with zero attached hydrogens (tertiary/aromatic N) is 2. The Morgan fingerprint density at radius 1 is 1.21 bits per heavy atom. The highest BCUT2D eigenvalue weighted by Crippen LogP contribution is 2.29. The van der Waals surface area contributed by atoms with Gasteiger partial charge in [-0.25, -0.2) is 9.37 Å². The molecule has 0 unspecified atom stereocenters. The summed E-state index contributed by atoms with van der Waals surface area (Å²) >= 11 is 0. The minimum absolute atomic E-state index is 0.211. The average Bonchev–Trinajstić information content (AvgIpc) is 3.09. The van der Waals surface area contributed by atoms with Crippen LogP contribution in [0.4, 0.5) is 10.1 Å². The average molecular weight is 396 g/mol. The minimum atomic E-state index is -0.432. The Kier molecular flexibility index (Phi) is 4.63. The first-order valence-corrected chi connectivity index (χ1v) is 8.68. The second kappa shape index (κ2) is 7.27. The second-order valence-corrected chi connectivity index (χ2v) is 6.33. The highest BCUT2D eigenvalue weighted by atomic mass is 19.1. The van der Waals surface area contributed by atoms with Gasteiger partial charge in [0, 0.05) is 17.0 Å². The molecule has 29 heavy (non-hydrogen) atoms. The molecule has 2 aromatic carbocycles. The summed E-state index contributed by atoms with van der Waals surface area (Å²) in [5.74, 6) is 0.160. The van der Waals surface area contributed by atoms with Gasteiger partial charge in [-0.05, 0) is 30.3 Å². The number of carbonyl (C=O) groups excluding carboxylic acids is 1. The molecule has 0 atom stereocenters. The predicted molar refractivity (Wildman–Crippen MR) is 106 cm³/mol. The number of hydrogen-bond acceptors (Lipinski definition) is 5. The van der Waals surface area contributed by atoms with Crippen molar-refractivity contribution < 1.29 is 18.7 Å². The molecule has 4 rings (SSSR count). The number of rotatable bonds is 5. The Hall–Kier alpha value is -3.88. The number of aromatic nitrogens is 3. The maximum atomic E-state index is 13.5. The van der Waals surface area contributed by atoms with Crippen molar-refractivity contribution in [3.63, 3.8) is 0 Å². The lowest BCUT2D eigenvalue weighted by Crippen LogP contribution is -2.28. The van der Waals surface area contributed by atoms with Gasteiger partial charge in [0.05, 0.1) is 26.2 Å². The van der Waals surface area contributed by atoms with Crippen LogP contribution >= 0.6 is 0 Å². The number of anilines is 1. The number of fused-ring (bicyclic) bond motifs is 3. The monoisotopic (exact) mass is 396 g/mol. The van der Waals surface area contributed by atoms with E-state index in [1.54, 1.807) is 24.3 Å². The summed E-state index contributed by atoms with van der Waals surface area (Å²) in [7, 11) is 3.01. The molecule has 148 valence electrons. The van der Waals surface area contributed by atoms with Crippen LogP contribution in [0.3, 0.4) is 0 Å². The van der Waals surface area contributed by atoms with Gasteiger partial charge in [-0.3, -0.25) is 14.2 Å². The van der Waals surface area contributed by atoms with Crippen molar-refractivity contribution in [1.29, 1.82) is 0 Å². The van der Waals surface area contributed by atoms with Gasteiger partial charge >= 0.3 is 0 Å². The number of benzene rings is 2. The summed E-state index contributed by atoms with van der Waals surface area (Å²) in [6, 6.07) is 9.12. The molecular weight excluding hydrogens is 379 g/mol. The van der Waals surface area contributed by atoms with E-state index < -0.39 is 17.3 Å². The molecule has 0 aliphatic rings. The molecule has 8 nitrogen and oxygen atoms in total. The molecule has 0 spiro atoms. The van der Waals surface area contributed by atoms with Crippen molar-refractivity contribution in [3.05, 3.63) is 58.9 Å². The fraction of sp³-hybridized carbons (Fsp3) is 0.150. The Balaban J connectivity index is 1.62. The van der Waals surface area contributed by atoms with Crippen molar-refractivity contribution in [2.45, 2.75) is 6.54 Å². The van der Waals surface area contributed by atoms with Crippen LogP contribution in [0.2, 0.25) is 0 Å². The lowest BCUT2D eigenvalue weighted by Gasteiger charge is -2.12. The molecule has 0 radical (unpaired) electrons. The summed E-state index contributed by atoms with van der Waals surface area (Å²) in [6.07, 6.45) is 1.27. The molecule has 0 saturated heterocycles. The molecule has 2 heterocycles. The zero-order chi connectivity index (χ0) is 20.5. The number of H-pyrrole nitrogens is 1. The van der Waals surface area contributed by atoms with Crippen molar-refractivity contribution in [3.8, 4) is 11.5 Å². The number of ether oxygens (including phenoxy) is 2. The third-order valence-corrected chi connectivity index (χ3v) is 4.53. The summed E-state index contributed by atoms with van der Waals surface area (Å²) in [4.78, 5) is 32.4. The maximum absolute atomic E-state index is 13.5. The van der Waals surface area contributed by atoms with Crippen molar-refractivity contribution >= 4 is 33.5 Å². The van der Waals surface area contributed by atoms with Crippen molar-refractivity contribution in [2.75, 3.05) is 19.5 Å². The van der Waals surface area contributed by atoms with Crippen molar-refractivity contribution in [1.82, 2.24) is 14.5 Å². The number of aromatic amines is 1. The van der Waals surface area contributed by atoms with Crippen LogP contribution < -0.4 is 20.3 Å². The Labute approximate surface area is 163 Å². The van der Waals surface area contributed by atoms with Gasteiger partial charge in [0.15, 0.2) is 0 Å². The molecule has 0 bridgehead atoms. The maximum Gasteiger partial charge on any atom is 0.278 e. The summed E-state index contributed by atoms with van der Waals surface area (Å²) < 4.78 is 25.1. The first kappa shape index (κ1) is 18.5. The van der Waals surface area contributed by atoms with E-state index in [-0.39, 0.29) is 12.1 Å². The first-order valence-electron chi connectivity index (χ1n) is 8.68. The van der Waals surface area contributed by atoms with E-state index in [2.05, 4.69) is 15.3 Å². The number of carbonyl (C=O) groups is 1. The SMILES string of the molecule is COc1ccc(NC(=O)Cn2cnc3c([nH]c4ccc(F)cc43)c2=O)c(OC)c1. The topological polar surface area (TPSA) is 98.2 Å². The van der Waals surface area contributed by atoms with Gasteiger partial charge in [-0.1, -0.05) is 0 Å². The van der Waals surface area contributed by atoms with E-state index in [4.69, 9.17) is 9.47 Å². The second-order valence-electron chi connectivity index (χ2n) is 6.33. The Bertz CT molecular complexity index is 1300. The molecule has 9 heteroatoms. The van der Waals surface area contributed by atoms with Gasteiger partial charge in [0.1, 0.15) is 34.9 Å². The van der Waals surface area contributed by atoms with Crippen LogP contribution in [0.25, 0.3) is 21.9 Å². The highest BCUT2D eigenvalue weighted by Gasteiger charge is 2.14. The number of halogens is 1. The van der Waals surface area contributed by atoms with E-state index in [1.807, 2.05) is 0 Å². The molecule has 0 saturated carbocycles. The lowest BCUT2D eigenvalue weighted by atomic mass is 10.2. The van der Waals surface area contributed by atoms with E-state index in [0.717, 1.165) is 0 Å². The Morgan fingerprint density at radius 2 is 2.03 bits per heavy atom. The zero-order valence-electron chi connectivity index (χ0n) is 15.7. The van der Waals surface area contributed by atoms with Crippen LogP contribution in [-0.2, 0) is 11.3 Å². The van der Waals surface area contributed by atoms with Gasteiger partial charge in [-0.2, -0.15) is 0 Å². The molecule has 1 amide bonds. The third-order valence-electron chi connectivity index (χ3n) is 4.53. The Morgan fingerprint density at radius 3 is 2.79 bits per heavy atom. The predicted octanol–water partition coefficient (Wildman–Crippen LogP) is 2.67. The van der Waals surface area contributed by atoms with E-state index >= 15 is 0 Å². The lowest BCUT2D eigenvalue weighted by molar-refractivity contribution is -0.116. The van der Waals surface area contributed by atoms with Gasteiger partial charge in [0.25, 0.3) is 5.56 Å². The summed E-state index contributed by atoms with van der Waals surface area (Å²) in [5, 5.41) is 3.21. The number of hydrogen-bond donors (Lipinski definition) is 2. The first-order chi connectivity index (χ1) is 14.0. The van der Waals surface area contributed by atoms with E-state index in [0.29, 0.717) is 33.6 Å². The number of amides is 1. The van der Waals surface area contributed by atoms with Crippen LogP contribution in [0.5, 0.6) is 11.5 Å². The van der Waals surface area contributed by atoms with Crippen LogP contribution in [-0.4, -0.2) is 34.7 Å². The number of nitrogens with one attached hydrogen (secondary N) is 2. The largest absolute Gasteiger partial charge is 0.497 e. The van der Waals surface area contributed by atoms with Crippen LogP contribution in [0.15, 0.2) is 47.5 Å². The molecule has 0 fully saturated rings. The molecule has 4 aromatic rings. The molecule has 2 aromatic heterocycles. The molecule has 0 aliphatic heterocycles. The third kappa shape index (κ3) is 3.38. The molecule has 2 N–H and O–H groups in total. The zero-order valence-corrected chi connectivity index (χ0v) is 15.7. The standard InChI is InChI=1S/C20H17FN4O4/c1-28-12-4-6-15(16(8-12)29-2)23-17(26)9-25-10-22-18-13-7-11(21)3-5-14(13)24-19(18)20(25)27/h3-8,10,24H,9H2,1-2H3,(H,23,26). The van der Waals surface area contributed by atoms with Crippen LogP contribution in [0.1, 0.15) is 0 Å². The normalized spacial score (nSPS) is 11.0. The quantitative estimate of drug-likeness (QED) is 0.541. The van der Waals surface area contributed by atoms with E-state index in [1.165, 1.54) is 37.2 Å². The van der Waals surface area contributed by atoms with Gasteiger partial charge in [-0.15, -0.1) is 0 Å². The van der Waals surface area contributed by atoms with E-state index in [9.17, 15) is 14.0 Å². The highest BCUT2D eigenvalue weighted by molar-refractivity contribution is 6.04. The fourth-order valence-corrected chi connectivity index (χ4v) is 3.12. The van der Waals surface area contributed by atoms with Crippen molar-refractivity contribution in [2.24, 2.45) is 0 Å². The summed E-state index contributed by atoms with van der Waals surface area (Å²) in [6.45, 7) is -0.249. The van der Waals surface area contributed by atoms with Gasteiger partial charge in [0.2, 0.25) is 5.91 Å². The van der Waals surface area contributed by atoms with Crippen LogP contribution in [0, 0.1) is 5.82 Å². The molecule has 0 aliphatic carbocycles. The molecular formula is C20H17FN4O4. The summed E-state index contributed by atoms with van der Waals surface area (Å²) in [5.41, 5.74) is 1.18. The fourth-order valence-electron chi connectivity index (χ4n) is 3.12.